The lowest BCUT2D eigenvalue weighted by molar-refractivity contribution is 0.292. The number of rotatable bonds is 4. The van der Waals surface area contributed by atoms with Crippen LogP contribution in [0, 0.1) is 5.92 Å². The molecule has 5 nitrogen and oxygen atoms in total. The van der Waals surface area contributed by atoms with Crippen molar-refractivity contribution in [1.29, 1.82) is 0 Å². The summed E-state index contributed by atoms with van der Waals surface area (Å²) in [5.74, 6) is 7.06. The molecule has 16 heavy (non-hydrogen) atoms. The van der Waals surface area contributed by atoms with Crippen LogP contribution in [0.3, 0.4) is 0 Å². The van der Waals surface area contributed by atoms with E-state index in [0.29, 0.717) is 17.7 Å². The van der Waals surface area contributed by atoms with Crippen molar-refractivity contribution < 1.29 is 4.74 Å². The monoisotopic (exact) mass is 236 g/mol. The third-order valence-corrected chi connectivity index (χ3v) is 3.38. The summed E-state index contributed by atoms with van der Waals surface area (Å²) in [6.07, 6.45) is 2.53. The maximum atomic E-state index is 5.70. The maximum Gasteiger partial charge on any atom is 0.241 e. The average molecular weight is 236 g/mol. The first kappa shape index (κ1) is 9.80. The molecule has 3 N–H and O–H groups in total. The first-order chi connectivity index (χ1) is 7.86. The first-order valence-corrected chi connectivity index (χ1v) is 6.09. The smallest absolute Gasteiger partial charge is 0.241 e. The molecular weight excluding hydrogens is 224 g/mol. The van der Waals surface area contributed by atoms with Gasteiger partial charge in [0.1, 0.15) is 4.83 Å². The number of aromatic nitrogens is 2. The zero-order valence-corrected chi connectivity index (χ0v) is 9.46. The molecule has 1 fully saturated rings. The van der Waals surface area contributed by atoms with Gasteiger partial charge in [-0.15, -0.1) is 11.3 Å². The third-order valence-electron chi connectivity index (χ3n) is 2.57. The highest BCUT2D eigenvalue weighted by atomic mass is 32.1. The summed E-state index contributed by atoms with van der Waals surface area (Å²) in [4.78, 5) is 9.37. The molecule has 1 saturated carbocycles. The van der Waals surface area contributed by atoms with Gasteiger partial charge in [-0.1, -0.05) is 0 Å². The number of hydrogen-bond donors (Lipinski definition) is 2. The summed E-state index contributed by atoms with van der Waals surface area (Å²) < 4.78 is 5.70. The molecular formula is C10H12N4OS. The van der Waals surface area contributed by atoms with E-state index >= 15 is 0 Å². The van der Waals surface area contributed by atoms with E-state index < -0.39 is 0 Å². The van der Waals surface area contributed by atoms with Crippen molar-refractivity contribution in [3.05, 3.63) is 11.4 Å². The van der Waals surface area contributed by atoms with Gasteiger partial charge >= 0.3 is 0 Å². The minimum absolute atomic E-state index is 0.403. The van der Waals surface area contributed by atoms with Crippen LogP contribution in [-0.4, -0.2) is 16.6 Å². The fraction of sp³-hybridized carbons (Fsp3) is 0.400. The predicted octanol–water partition coefficient (Wildman–Crippen LogP) is 1.77. The molecule has 2 heterocycles. The van der Waals surface area contributed by atoms with Gasteiger partial charge in [0.15, 0.2) is 0 Å². The molecule has 0 atom stereocenters. The van der Waals surface area contributed by atoms with Crippen LogP contribution < -0.4 is 16.0 Å². The highest BCUT2D eigenvalue weighted by Gasteiger charge is 2.22. The molecule has 1 aliphatic rings. The van der Waals surface area contributed by atoms with Crippen LogP contribution >= 0.6 is 11.3 Å². The van der Waals surface area contributed by atoms with Crippen LogP contribution in [0.1, 0.15) is 12.8 Å². The Labute approximate surface area is 96.6 Å². The quantitative estimate of drug-likeness (QED) is 0.625. The van der Waals surface area contributed by atoms with E-state index in [9.17, 15) is 0 Å². The zero-order chi connectivity index (χ0) is 11.0. The van der Waals surface area contributed by atoms with Gasteiger partial charge < -0.3 is 4.74 Å². The van der Waals surface area contributed by atoms with Crippen LogP contribution in [-0.2, 0) is 0 Å². The standard InChI is InChI=1S/C10H12N4OS/c11-14-10-12-8(15-5-6-1-2-6)7-3-4-16-9(7)13-10/h3-4,6H,1-2,5,11H2,(H,12,13,14). The second-order valence-electron chi connectivity index (χ2n) is 3.89. The summed E-state index contributed by atoms with van der Waals surface area (Å²) in [7, 11) is 0. The van der Waals surface area contributed by atoms with E-state index in [2.05, 4.69) is 15.4 Å². The summed E-state index contributed by atoms with van der Waals surface area (Å²) in [6, 6.07) is 1.97. The van der Waals surface area contributed by atoms with Crippen molar-refractivity contribution in [3.63, 3.8) is 0 Å². The molecule has 0 unspecified atom stereocenters. The lowest BCUT2D eigenvalue weighted by atomic mass is 10.4. The van der Waals surface area contributed by atoms with Crippen molar-refractivity contribution in [1.82, 2.24) is 9.97 Å². The molecule has 0 aromatic carbocycles. The minimum Gasteiger partial charge on any atom is -0.477 e. The summed E-state index contributed by atoms with van der Waals surface area (Å²) >= 11 is 1.55. The number of nitrogens with two attached hydrogens (primary N) is 1. The van der Waals surface area contributed by atoms with Gasteiger partial charge in [0.25, 0.3) is 0 Å². The van der Waals surface area contributed by atoms with Crippen molar-refractivity contribution in [3.8, 4) is 5.88 Å². The number of nitrogen functional groups attached to an aromatic ring is 1. The molecule has 0 bridgehead atoms. The van der Waals surface area contributed by atoms with E-state index in [1.807, 2.05) is 11.4 Å². The van der Waals surface area contributed by atoms with E-state index in [0.717, 1.165) is 16.8 Å². The van der Waals surface area contributed by atoms with Crippen LogP contribution in [0.2, 0.25) is 0 Å². The number of anilines is 1. The second kappa shape index (κ2) is 3.88. The van der Waals surface area contributed by atoms with E-state index in [1.54, 1.807) is 11.3 Å². The fourth-order valence-corrected chi connectivity index (χ4v) is 2.24. The third kappa shape index (κ3) is 1.81. The topological polar surface area (TPSA) is 73.1 Å². The van der Waals surface area contributed by atoms with Gasteiger partial charge in [-0.25, -0.2) is 10.8 Å². The van der Waals surface area contributed by atoms with Crippen LogP contribution in [0.5, 0.6) is 5.88 Å². The highest BCUT2D eigenvalue weighted by molar-refractivity contribution is 7.16. The van der Waals surface area contributed by atoms with Crippen molar-refractivity contribution in [2.45, 2.75) is 12.8 Å². The van der Waals surface area contributed by atoms with Gasteiger partial charge in [-0.05, 0) is 30.2 Å². The zero-order valence-electron chi connectivity index (χ0n) is 8.64. The Hall–Kier alpha value is -1.40. The Morgan fingerprint density at radius 3 is 3.12 bits per heavy atom. The second-order valence-corrected chi connectivity index (χ2v) is 4.79. The Bertz CT molecular complexity index is 508. The van der Waals surface area contributed by atoms with E-state index in [1.165, 1.54) is 12.8 Å². The Kier molecular flexibility index (Phi) is 2.37. The maximum absolute atomic E-state index is 5.70. The van der Waals surface area contributed by atoms with Gasteiger partial charge in [0, 0.05) is 0 Å². The van der Waals surface area contributed by atoms with Gasteiger partial charge in [-0.2, -0.15) is 4.98 Å². The molecule has 84 valence electrons. The number of nitrogens with one attached hydrogen (secondary N) is 1. The summed E-state index contributed by atoms with van der Waals surface area (Å²) in [5, 5.41) is 2.94. The van der Waals surface area contributed by atoms with Gasteiger partial charge in [0.05, 0.1) is 12.0 Å². The SMILES string of the molecule is NNc1nc(OCC2CC2)c2ccsc2n1. The molecule has 6 heteroatoms. The number of ether oxygens (including phenoxy) is 1. The number of nitrogens with zero attached hydrogens (tertiary/aromatic N) is 2. The number of thiophene rings is 1. The van der Waals surface area contributed by atoms with Crippen LogP contribution in [0.4, 0.5) is 5.95 Å². The van der Waals surface area contributed by atoms with E-state index in [4.69, 9.17) is 10.6 Å². The predicted molar refractivity (Wildman–Crippen MR) is 63.4 cm³/mol. The molecule has 0 amide bonds. The summed E-state index contributed by atoms with van der Waals surface area (Å²) in [5.41, 5.74) is 2.46. The molecule has 0 radical (unpaired) electrons. The Balaban J connectivity index is 1.94. The van der Waals surface area contributed by atoms with Crippen LogP contribution in [0.15, 0.2) is 11.4 Å². The molecule has 0 spiro atoms. The molecule has 1 aliphatic carbocycles. The normalized spacial score (nSPS) is 15.3. The van der Waals surface area contributed by atoms with Crippen LogP contribution in [0.25, 0.3) is 10.2 Å². The number of hydrogen-bond acceptors (Lipinski definition) is 6. The van der Waals surface area contributed by atoms with E-state index in [-0.39, 0.29) is 0 Å². The first-order valence-electron chi connectivity index (χ1n) is 5.21. The summed E-state index contributed by atoms with van der Waals surface area (Å²) in [6.45, 7) is 0.742. The van der Waals surface area contributed by atoms with Crippen molar-refractivity contribution in [2.75, 3.05) is 12.0 Å². The Morgan fingerprint density at radius 1 is 1.50 bits per heavy atom. The molecule has 0 aliphatic heterocycles. The molecule has 3 rings (SSSR count). The lowest BCUT2D eigenvalue weighted by Crippen LogP contribution is -2.11. The number of hydrazine groups is 1. The molecule has 2 aromatic rings. The molecule has 2 aromatic heterocycles. The Morgan fingerprint density at radius 2 is 2.38 bits per heavy atom. The van der Waals surface area contributed by atoms with Crippen molar-refractivity contribution >= 4 is 27.5 Å². The molecule has 0 saturated heterocycles. The highest BCUT2D eigenvalue weighted by Crippen LogP contribution is 2.32. The van der Waals surface area contributed by atoms with Crippen molar-refractivity contribution in [2.24, 2.45) is 11.8 Å². The van der Waals surface area contributed by atoms with Gasteiger partial charge in [0.2, 0.25) is 11.8 Å². The minimum atomic E-state index is 0.403. The average Bonchev–Trinajstić information content (AvgIpc) is 3.02. The lowest BCUT2D eigenvalue weighted by Gasteiger charge is -2.06. The largest absolute Gasteiger partial charge is 0.477 e. The number of fused-ring (bicyclic) bond motifs is 1. The van der Waals surface area contributed by atoms with Gasteiger partial charge in [-0.3, -0.25) is 5.43 Å². The fourth-order valence-electron chi connectivity index (χ4n) is 1.48.